The van der Waals surface area contributed by atoms with E-state index in [1.54, 1.807) is 19.2 Å². The maximum absolute atomic E-state index is 12.1. The molecule has 0 unspecified atom stereocenters. The van der Waals surface area contributed by atoms with Gasteiger partial charge in [0.15, 0.2) is 0 Å². The minimum absolute atomic E-state index is 0.145. The lowest BCUT2D eigenvalue weighted by atomic mass is 10.3. The van der Waals surface area contributed by atoms with Crippen molar-refractivity contribution < 1.29 is 17.9 Å². The first-order valence-corrected chi connectivity index (χ1v) is 7.34. The Morgan fingerprint density at radius 2 is 1.95 bits per heavy atom. The molecule has 1 aromatic carbocycles. The average molecular weight is 297 g/mol. The van der Waals surface area contributed by atoms with Crippen molar-refractivity contribution in [2.75, 3.05) is 25.0 Å². The van der Waals surface area contributed by atoms with Crippen LogP contribution >= 0.6 is 0 Å². The summed E-state index contributed by atoms with van der Waals surface area (Å²) in [6.45, 7) is 0.885. The highest BCUT2D eigenvalue weighted by atomic mass is 32.2. The zero-order chi connectivity index (χ0) is 14.4. The summed E-state index contributed by atoms with van der Waals surface area (Å²) in [6, 6.07) is 7.66. The predicted molar refractivity (Wildman–Crippen MR) is 73.2 cm³/mol. The maximum atomic E-state index is 12.1. The smallest absolute Gasteiger partial charge is 0.263 e. The normalized spacial score (nSPS) is 11.2. The standard InChI is InChI=1S/C12H15N3O4S/c1-18-8-9-19-10-2-4-11(5-3-10)20(16,17)15-12-6-7-13-14-12/h2-7H,8-9H2,1H3,(H2,13,14,15). The lowest BCUT2D eigenvalue weighted by Crippen LogP contribution is -2.13. The Bertz CT molecular complexity index is 623. The Labute approximate surface area is 117 Å². The quantitative estimate of drug-likeness (QED) is 0.750. The molecule has 0 amide bonds. The second-order valence-electron chi connectivity index (χ2n) is 3.89. The monoisotopic (exact) mass is 297 g/mol. The Kier molecular flexibility index (Phi) is 4.59. The van der Waals surface area contributed by atoms with Crippen LogP contribution in [0.3, 0.4) is 0 Å². The van der Waals surface area contributed by atoms with E-state index in [-0.39, 0.29) is 4.90 Å². The number of sulfonamides is 1. The van der Waals surface area contributed by atoms with Gasteiger partial charge in [0, 0.05) is 13.2 Å². The molecule has 0 atom stereocenters. The van der Waals surface area contributed by atoms with Crippen LogP contribution in [0.4, 0.5) is 5.82 Å². The van der Waals surface area contributed by atoms with Crippen molar-refractivity contribution in [3.8, 4) is 5.75 Å². The summed E-state index contributed by atoms with van der Waals surface area (Å²) in [5, 5.41) is 6.20. The number of anilines is 1. The number of hydrogen-bond donors (Lipinski definition) is 2. The first-order chi connectivity index (χ1) is 9.62. The molecule has 108 valence electrons. The van der Waals surface area contributed by atoms with Gasteiger partial charge in [-0.1, -0.05) is 0 Å². The molecule has 2 aromatic rings. The van der Waals surface area contributed by atoms with Crippen LogP contribution in [0.25, 0.3) is 0 Å². The number of H-pyrrole nitrogens is 1. The zero-order valence-electron chi connectivity index (χ0n) is 10.9. The van der Waals surface area contributed by atoms with Gasteiger partial charge in [-0.15, -0.1) is 0 Å². The van der Waals surface area contributed by atoms with Crippen LogP contribution in [-0.2, 0) is 14.8 Å². The molecular formula is C12H15N3O4S. The number of benzene rings is 1. The summed E-state index contributed by atoms with van der Waals surface area (Å²) in [7, 11) is -2.04. The van der Waals surface area contributed by atoms with Crippen LogP contribution in [0, 0.1) is 0 Å². The highest BCUT2D eigenvalue weighted by Gasteiger charge is 2.14. The molecule has 0 radical (unpaired) electrons. The third-order valence-electron chi connectivity index (χ3n) is 2.44. The van der Waals surface area contributed by atoms with Gasteiger partial charge in [0.1, 0.15) is 18.2 Å². The van der Waals surface area contributed by atoms with Crippen LogP contribution < -0.4 is 9.46 Å². The van der Waals surface area contributed by atoms with E-state index in [9.17, 15) is 8.42 Å². The Morgan fingerprint density at radius 1 is 1.20 bits per heavy atom. The molecule has 8 heteroatoms. The number of aromatic nitrogens is 2. The number of ether oxygens (including phenoxy) is 2. The summed E-state index contributed by atoms with van der Waals surface area (Å²) in [6.07, 6.45) is 1.46. The van der Waals surface area contributed by atoms with Gasteiger partial charge in [-0.3, -0.25) is 9.82 Å². The van der Waals surface area contributed by atoms with Gasteiger partial charge in [0.2, 0.25) is 0 Å². The highest BCUT2D eigenvalue weighted by Crippen LogP contribution is 2.18. The van der Waals surface area contributed by atoms with Crippen molar-refractivity contribution in [3.05, 3.63) is 36.5 Å². The van der Waals surface area contributed by atoms with Crippen LogP contribution in [0.1, 0.15) is 0 Å². The minimum atomic E-state index is -3.63. The molecule has 0 saturated carbocycles. The molecule has 2 rings (SSSR count). The number of methoxy groups -OCH3 is 1. The number of hydrogen-bond acceptors (Lipinski definition) is 5. The Hall–Kier alpha value is -2.06. The molecule has 0 fully saturated rings. The number of nitrogens with zero attached hydrogens (tertiary/aromatic N) is 1. The van der Waals surface area contributed by atoms with E-state index in [4.69, 9.17) is 9.47 Å². The van der Waals surface area contributed by atoms with Crippen LogP contribution in [0.15, 0.2) is 41.4 Å². The van der Waals surface area contributed by atoms with E-state index in [0.29, 0.717) is 24.8 Å². The van der Waals surface area contributed by atoms with Gasteiger partial charge in [-0.25, -0.2) is 8.42 Å². The van der Waals surface area contributed by atoms with Crippen molar-refractivity contribution in [1.29, 1.82) is 0 Å². The topological polar surface area (TPSA) is 93.3 Å². The first kappa shape index (κ1) is 14.4. The maximum Gasteiger partial charge on any atom is 0.263 e. The summed E-state index contributed by atoms with van der Waals surface area (Å²) >= 11 is 0. The minimum Gasteiger partial charge on any atom is -0.491 e. The third kappa shape index (κ3) is 3.72. The van der Waals surface area contributed by atoms with Gasteiger partial charge < -0.3 is 9.47 Å². The molecular weight excluding hydrogens is 282 g/mol. The van der Waals surface area contributed by atoms with Crippen molar-refractivity contribution in [2.45, 2.75) is 4.90 Å². The van der Waals surface area contributed by atoms with Gasteiger partial charge in [0.05, 0.1) is 17.7 Å². The molecule has 0 saturated heterocycles. The molecule has 0 aliphatic rings. The third-order valence-corrected chi connectivity index (χ3v) is 3.82. The largest absolute Gasteiger partial charge is 0.491 e. The zero-order valence-corrected chi connectivity index (χ0v) is 11.7. The van der Waals surface area contributed by atoms with E-state index in [0.717, 1.165) is 0 Å². The summed E-state index contributed by atoms with van der Waals surface area (Å²) < 4.78 is 36.7. The van der Waals surface area contributed by atoms with E-state index >= 15 is 0 Å². The molecule has 2 N–H and O–H groups in total. The van der Waals surface area contributed by atoms with E-state index in [1.165, 1.54) is 24.4 Å². The second kappa shape index (κ2) is 6.40. The highest BCUT2D eigenvalue weighted by molar-refractivity contribution is 7.92. The van der Waals surface area contributed by atoms with E-state index in [1.807, 2.05) is 0 Å². The Morgan fingerprint density at radius 3 is 2.55 bits per heavy atom. The lowest BCUT2D eigenvalue weighted by molar-refractivity contribution is 0.146. The van der Waals surface area contributed by atoms with Crippen molar-refractivity contribution in [2.24, 2.45) is 0 Å². The molecule has 0 bridgehead atoms. The second-order valence-corrected chi connectivity index (χ2v) is 5.57. The predicted octanol–water partition coefficient (Wildman–Crippen LogP) is 1.24. The summed E-state index contributed by atoms with van der Waals surface area (Å²) in [4.78, 5) is 0.145. The fourth-order valence-electron chi connectivity index (χ4n) is 1.47. The van der Waals surface area contributed by atoms with Crippen LogP contribution in [-0.4, -0.2) is 38.9 Å². The van der Waals surface area contributed by atoms with Crippen LogP contribution in [0.5, 0.6) is 5.75 Å². The molecule has 0 aliphatic carbocycles. The van der Waals surface area contributed by atoms with E-state index < -0.39 is 10.0 Å². The fourth-order valence-corrected chi connectivity index (χ4v) is 2.49. The number of rotatable bonds is 7. The lowest BCUT2D eigenvalue weighted by Gasteiger charge is -2.08. The molecule has 0 spiro atoms. The van der Waals surface area contributed by atoms with Crippen LogP contribution in [0.2, 0.25) is 0 Å². The summed E-state index contributed by atoms with van der Waals surface area (Å²) in [5.41, 5.74) is 0. The average Bonchev–Trinajstić information content (AvgIpc) is 2.92. The van der Waals surface area contributed by atoms with Gasteiger partial charge >= 0.3 is 0 Å². The van der Waals surface area contributed by atoms with Gasteiger partial charge in [-0.05, 0) is 24.3 Å². The van der Waals surface area contributed by atoms with Crippen molar-refractivity contribution in [3.63, 3.8) is 0 Å². The van der Waals surface area contributed by atoms with Crippen molar-refractivity contribution in [1.82, 2.24) is 10.2 Å². The molecule has 7 nitrogen and oxygen atoms in total. The number of aromatic amines is 1. The Balaban J connectivity index is 2.05. The van der Waals surface area contributed by atoms with Gasteiger partial charge in [0.25, 0.3) is 10.0 Å². The number of nitrogens with one attached hydrogen (secondary N) is 2. The SMILES string of the molecule is COCCOc1ccc(S(=O)(=O)Nc2ccn[nH]2)cc1. The first-order valence-electron chi connectivity index (χ1n) is 5.86. The molecule has 1 heterocycles. The molecule has 20 heavy (non-hydrogen) atoms. The fraction of sp³-hybridized carbons (Fsp3) is 0.250. The summed E-state index contributed by atoms with van der Waals surface area (Å²) in [5.74, 6) is 0.896. The molecule has 0 aliphatic heterocycles. The van der Waals surface area contributed by atoms with E-state index in [2.05, 4.69) is 14.9 Å². The van der Waals surface area contributed by atoms with Crippen molar-refractivity contribution >= 4 is 15.8 Å². The van der Waals surface area contributed by atoms with Gasteiger partial charge in [-0.2, -0.15) is 5.10 Å². The molecule has 1 aromatic heterocycles.